The number of allylic oxidation sites excluding steroid dienone is 2. The van der Waals surface area contributed by atoms with Gasteiger partial charge >= 0.3 is 25.7 Å². The van der Waals surface area contributed by atoms with Crippen molar-refractivity contribution in [2.45, 2.75) is 251 Å². The van der Waals surface area contributed by atoms with Gasteiger partial charge in [-0.25, -0.2) is 4.57 Å². The Balaban J connectivity index is 4.21. The Hall–Kier alpha value is -1.78. The van der Waals surface area contributed by atoms with Crippen LogP contribution in [0, 0.1) is 0 Å². The first-order valence-electron chi connectivity index (χ1n) is 24.2. The van der Waals surface area contributed by atoms with Crippen LogP contribution in [0.5, 0.6) is 0 Å². The van der Waals surface area contributed by atoms with Gasteiger partial charge in [0.05, 0.1) is 13.2 Å². The molecular formula is C47H90NO10P. The van der Waals surface area contributed by atoms with Gasteiger partial charge in [-0.2, -0.15) is 0 Å². The topological polar surface area (TPSA) is 172 Å². The molecule has 0 aromatic rings. The fourth-order valence-corrected chi connectivity index (χ4v) is 7.72. The lowest BCUT2D eigenvalue weighted by Gasteiger charge is -2.20. The summed E-state index contributed by atoms with van der Waals surface area (Å²) in [5.41, 5.74) is 5.34. The Morgan fingerprint density at radius 3 is 1.25 bits per heavy atom. The van der Waals surface area contributed by atoms with E-state index < -0.39 is 51.1 Å². The van der Waals surface area contributed by atoms with E-state index in [1.807, 2.05) is 0 Å². The minimum Gasteiger partial charge on any atom is -0.480 e. The smallest absolute Gasteiger partial charge is 0.472 e. The number of esters is 2. The second-order valence-corrected chi connectivity index (χ2v) is 18.1. The highest BCUT2D eigenvalue weighted by Gasteiger charge is 2.28. The van der Waals surface area contributed by atoms with Crippen molar-refractivity contribution in [3.63, 3.8) is 0 Å². The molecule has 0 saturated heterocycles. The first-order chi connectivity index (χ1) is 28.6. The average Bonchev–Trinajstić information content (AvgIpc) is 3.21. The summed E-state index contributed by atoms with van der Waals surface area (Å²) in [5, 5.41) is 8.90. The van der Waals surface area contributed by atoms with Gasteiger partial charge in [0.25, 0.3) is 0 Å². The number of ether oxygens (including phenoxy) is 2. The number of hydrogen-bond acceptors (Lipinski definition) is 9. The zero-order valence-corrected chi connectivity index (χ0v) is 38.8. The molecule has 0 spiro atoms. The zero-order chi connectivity index (χ0) is 43.5. The quantitative estimate of drug-likeness (QED) is 0.0230. The number of carboxylic acid groups (broad SMARTS) is 1. The number of phosphoric ester groups is 1. The SMILES string of the molecule is CCCCCCCC/C=C/CCCCCC(=O)OC[C@@H](COP(=O)(O)OC[C@H](N)C(=O)O)OC(=O)CCCCCCCCCCCCCCCCCCCCCCCC. The molecule has 0 aromatic heterocycles. The Bertz CT molecular complexity index is 1060. The van der Waals surface area contributed by atoms with Gasteiger partial charge in [-0.3, -0.25) is 23.4 Å². The second-order valence-electron chi connectivity index (χ2n) is 16.6. The number of nitrogens with two attached hydrogens (primary N) is 1. The monoisotopic (exact) mass is 860 g/mol. The molecule has 0 radical (unpaired) electrons. The van der Waals surface area contributed by atoms with Crippen molar-refractivity contribution in [1.82, 2.24) is 0 Å². The molecule has 0 rings (SSSR count). The predicted molar refractivity (Wildman–Crippen MR) is 240 cm³/mol. The first-order valence-corrected chi connectivity index (χ1v) is 25.7. The van der Waals surface area contributed by atoms with E-state index in [1.165, 1.54) is 154 Å². The molecule has 0 amide bonds. The highest BCUT2D eigenvalue weighted by molar-refractivity contribution is 7.47. The average molecular weight is 860 g/mol. The highest BCUT2D eigenvalue weighted by atomic mass is 31.2. The molecule has 11 nitrogen and oxygen atoms in total. The van der Waals surface area contributed by atoms with Gasteiger partial charge in [-0.15, -0.1) is 0 Å². The molecular weight excluding hydrogens is 769 g/mol. The number of carbonyl (C=O) groups excluding carboxylic acids is 2. The van der Waals surface area contributed by atoms with Gasteiger partial charge in [-0.1, -0.05) is 199 Å². The van der Waals surface area contributed by atoms with Gasteiger partial charge in [-0.05, 0) is 38.5 Å². The van der Waals surface area contributed by atoms with Gasteiger partial charge in [0.1, 0.15) is 12.6 Å². The molecule has 0 aliphatic heterocycles. The number of rotatable bonds is 46. The summed E-state index contributed by atoms with van der Waals surface area (Å²) in [7, 11) is -4.72. The zero-order valence-electron chi connectivity index (χ0n) is 37.9. The van der Waals surface area contributed by atoms with Crippen LogP contribution in [0.4, 0.5) is 0 Å². The maximum atomic E-state index is 12.7. The number of phosphoric acid groups is 1. The largest absolute Gasteiger partial charge is 0.480 e. The van der Waals surface area contributed by atoms with Crippen LogP contribution in [0.15, 0.2) is 12.2 Å². The summed E-state index contributed by atoms with van der Waals surface area (Å²) < 4.78 is 32.7. The predicted octanol–water partition coefficient (Wildman–Crippen LogP) is 13.2. The van der Waals surface area contributed by atoms with Crippen molar-refractivity contribution < 1.29 is 47.5 Å². The van der Waals surface area contributed by atoms with Crippen molar-refractivity contribution in [3.8, 4) is 0 Å². The third-order valence-electron chi connectivity index (χ3n) is 10.8. The van der Waals surface area contributed by atoms with Gasteiger partial charge in [0.15, 0.2) is 6.10 Å². The Morgan fingerprint density at radius 2 is 0.847 bits per heavy atom. The van der Waals surface area contributed by atoms with Crippen LogP contribution < -0.4 is 5.73 Å². The van der Waals surface area contributed by atoms with E-state index in [1.54, 1.807) is 0 Å². The number of carboxylic acids is 1. The molecule has 0 aromatic carbocycles. The molecule has 348 valence electrons. The molecule has 0 aliphatic carbocycles. The molecule has 0 aliphatic rings. The molecule has 1 unspecified atom stereocenters. The molecule has 0 heterocycles. The van der Waals surface area contributed by atoms with Crippen molar-refractivity contribution in [1.29, 1.82) is 0 Å². The highest BCUT2D eigenvalue weighted by Crippen LogP contribution is 2.43. The molecule has 0 saturated carbocycles. The van der Waals surface area contributed by atoms with Crippen LogP contribution >= 0.6 is 7.82 Å². The molecule has 59 heavy (non-hydrogen) atoms. The van der Waals surface area contributed by atoms with Crippen molar-refractivity contribution in [2.75, 3.05) is 19.8 Å². The Morgan fingerprint density at radius 1 is 0.508 bits per heavy atom. The van der Waals surface area contributed by atoms with Crippen molar-refractivity contribution in [3.05, 3.63) is 12.2 Å². The molecule has 3 atom stereocenters. The van der Waals surface area contributed by atoms with E-state index in [2.05, 4.69) is 30.5 Å². The lowest BCUT2D eigenvalue weighted by molar-refractivity contribution is -0.161. The maximum absolute atomic E-state index is 12.7. The molecule has 4 N–H and O–H groups in total. The number of aliphatic carboxylic acids is 1. The third-order valence-corrected chi connectivity index (χ3v) is 11.7. The Labute approximate surface area is 360 Å². The van der Waals surface area contributed by atoms with Crippen molar-refractivity contribution >= 4 is 25.7 Å². The van der Waals surface area contributed by atoms with Gasteiger partial charge in [0.2, 0.25) is 0 Å². The summed E-state index contributed by atoms with van der Waals surface area (Å²) >= 11 is 0. The molecule has 0 bridgehead atoms. The van der Waals surface area contributed by atoms with E-state index in [0.29, 0.717) is 12.8 Å². The lowest BCUT2D eigenvalue weighted by Crippen LogP contribution is -2.34. The minimum absolute atomic E-state index is 0.164. The summed E-state index contributed by atoms with van der Waals surface area (Å²) in [4.78, 5) is 46.0. The summed E-state index contributed by atoms with van der Waals surface area (Å²) in [6.07, 6.45) is 44.3. The standard InChI is InChI=1S/C47H90NO10P/c1-3-5-7-9-11-13-15-17-18-19-20-21-22-23-24-25-27-29-31-33-35-37-39-46(50)58-43(41-56-59(53,54)57-42-44(48)47(51)52)40-55-45(49)38-36-34-32-30-28-26-16-14-12-10-8-6-4-2/h26,28,43-44H,3-25,27,29-42,48H2,1-2H3,(H,51,52)(H,53,54)/b28-26+/t43-,44-/m0/s1. The van der Waals surface area contributed by atoms with Crippen LogP contribution in [-0.2, 0) is 37.5 Å². The van der Waals surface area contributed by atoms with Crippen LogP contribution in [0.3, 0.4) is 0 Å². The van der Waals surface area contributed by atoms with Gasteiger partial charge < -0.3 is 25.2 Å². The van der Waals surface area contributed by atoms with E-state index in [4.69, 9.17) is 24.8 Å². The minimum atomic E-state index is -4.72. The maximum Gasteiger partial charge on any atom is 0.472 e. The van der Waals surface area contributed by atoms with E-state index >= 15 is 0 Å². The number of hydrogen-bond donors (Lipinski definition) is 3. The van der Waals surface area contributed by atoms with E-state index in [9.17, 15) is 23.8 Å². The Kier molecular flexibility index (Phi) is 41.6. The molecule has 12 heteroatoms. The summed E-state index contributed by atoms with van der Waals surface area (Å²) in [6.45, 7) is 2.82. The normalized spacial score (nSPS) is 13.7. The summed E-state index contributed by atoms with van der Waals surface area (Å²) in [6, 6.07) is -1.52. The fraction of sp³-hybridized carbons (Fsp3) is 0.894. The first kappa shape index (κ1) is 57.2. The van der Waals surface area contributed by atoms with Crippen LogP contribution in [0.2, 0.25) is 0 Å². The third kappa shape index (κ3) is 42.7. The van der Waals surface area contributed by atoms with Crippen molar-refractivity contribution in [2.24, 2.45) is 5.73 Å². The summed E-state index contributed by atoms with van der Waals surface area (Å²) in [5.74, 6) is -2.38. The van der Waals surface area contributed by atoms with Gasteiger partial charge in [0, 0.05) is 12.8 Å². The van der Waals surface area contributed by atoms with Crippen LogP contribution in [-0.4, -0.2) is 59.9 Å². The van der Waals surface area contributed by atoms with E-state index in [0.717, 1.165) is 44.9 Å². The number of carbonyl (C=O) groups is 3. The second kappa shape index (κ2) is 42.9. The molecule has 0 fully saturated rings. The van der Waals surface area contributed by atoms with Crippen LogP contribution in [0.1, 0.15) is 239 Å². The fourth-order valence-electron chi connectivity index (χ4n) is 6.94. The lowest BCUT2D eigenvalue weighted by atomic mass is 10.0. The van der Waals surface area contributed by atoms with E-state index in [-0.39, 0.29) is 19.4 Å². The van der Waals surface area contributed by atoms with Crippen LogP contribution in [0.25, 0.3) is 0 Å². The number of unbranched alkanes of at least 4 members (excludes halogenated alkanes) is 30.